The number of nitrogens with zero attached hydrogens (tertiary/aromatic N) is 2. The van der Waals surface area contributed by atoms with Crippen LogP contribution < -0.4 is 4.90 Å². The molecule has 0 atom stereocenters. The Morgan fingerprint density at radius 3 is 2.19 bits per heavy atom. The highest BCUT2D eigenvalue weighted by atomic mass is 16.4. The second kappa shape index (κ2) is 5.16. The van der Waals surface area contributed by atoms with Crippen molar-refractivity contribution in [2.75, 3.05) is 25.5 Å². The molecule has 5 nitrogen and oxygen atoms in total. The van der Waals surface area contributed by atoms with Crippen molar-refractivity contribution in [2.45, 2.75) is 0 Å². The molecule has 0 saturated carbocycles. The van der Waals surface area contributed by atoms with Crippen LogP contribution in [0.4, 0.5) is 10.5 Å². The van der Waals surface area contributed by atoms with Gasteiger partial charge in [0.25, 0.3) is 0 Å². The molecule has 0 bridgehead atoms. The van der Waals surface area contributed by atoms with Crippen LogP contribution >= 0.6 is 0 Å². The Bertz CT molecular complexity index is 376. The van der Waals surface area contributed by atoms with Crippen LogP contribution in [-0.2, 0) is 4.79 Å². The number of carboxylic acid groups (broad SMARTS) is 1. The van der Waals surface area contributed by atoms with E-state index in [2.05, 4.69) is 0 Å². The molecule has 0 radical (unpaired) electrons. The molecule has 86 valence electrons. The minimum atomic E-state index is -1.04. The zero-order valence-electron chi connectivity index (χ0n) is 9.25. The average Bonchev–Trinajstić information content (AvgIpc) is 2.26. The van der Waals surface area contributed by atoms with Crippen LogP contribution in [0.25, 0.3) is 0 Å². The zero-order chi connectivity index (χ0) is 12.1. The lowest BCUT2D eigenvalue weighted by atomic mass is 10.3. The number of benzene rings is 1. The molecule has 1 rings (SSSR count). The van der Waals surface area contributed by atoms with Gasteiger partial charge in [0.15, 0.2) is 0 Å². The third-order valence-corrected chi connectivity index (χ3v) is 1.97. The summed E-state index contributed by atoms with van der Waals surface area (Å²) in [6.07, 6.45) is 0. The lowest BCUT2D eigenvalue weighted by molar-refractivity contribution is -0.135. The van der Waals surface area contributed by atoms with Gasteiger partial charge in [0.1, 0.15) is 6.54 Å². The maximum absolute atomic E-state index is 11.8. The number of carboxylic acids is 1. The molecule has 0 fully saturated rings. The molecule has 5 heteroatoms. The van der Waals surface area contributed by atoms with Gasteiger partial charge < -0.3 is 10.0 Å². The summed E-state index contributed by atoms with van der Waals surface area (Å²) < 4.78 is 0. The largest absolute Gasteiger partial charge is 0.480 e. The number of aliphatic carboxylic acids is 1. The molecule has 0 saturated heterocycles. The highest BCUT2D eigenvalue weighted by Gasteiger charge is 2.19. The van der Waals surface area contributed by atoms with Crippen molar-refractivity contribution < 1.29 is 14.7 Å². The molecule has 0 unspecified atom stereocenters. The van der Waals surface area contributed by atoms with Crippen LogP contribution in [0.15, 0.2) is 30.3 Å². The summed E-state index contributed by atoms with van der Waals surface area (Å²) in [5, 5.41) is 8.76. The number of hydrogen-bond acceptors (Lipinski definition) is 2. The van der Waals surface area contributed by atoms with Crippen LogP contribution in [0.2, 0.25) is 0 Å². The van der Waals surface area contributed by atoms with Crippen LogP contribution in [0.3, 0.4) is 0 Å². The normalized spacial score (nSPS) is 9.62. The highest BCUT2D eigenvalue weighted by Crippen LogP contribution is 2.14. The minimum absolute atomic E-state index is 0.346. The monoisotopic (exact) mass is 222 g/mol. The molecule has 0 heterocycles. The van der Waals surface area contributed by atoms with Crippen LogP contribution in [0, 0.1) is 0 Å². The topological polar surface area (TPSA) is 60.9 Å². The van der Waals surface area contributed by atoms with Gasteiger partial charge >= 0.3 is 12.0 Å². The van der Waals surface area contributed by atoms with Crippen molar-refractivity contribution in [1.82, 2.24) is 4.90 Å². The molecule has 1 N–H and O–H groups in total. The molecular formula is C11H14N2O3. The third kappa shape index (κ3) is 2.98. The Hall–Kier alpha value is -2.04. The fraction of sp³-hybridized carbons (Fsp3) is 0.273. The quantitative estimate of drug-likeness (QED) is 0.837. The number of anilines is 1. The number of hydrogen-bond donors (Lipinski definition) is 1. The maximum Gasteiger partial charge on any atom is 0.324 e. The minimum Gasteiger partial charge on any atom is -0.480 e. The number of urea groups is 1. The summed E-state index contributed by atoms with van der Waals surface area (Å²) >= 11 is 0. The van der Waals surface area contributed by atoms with Crippen molar-refractivity contribution in [1.29, 1.82) is 0 Å². The Morgan fingerprint density at radius 1 is 1.19 bits per heavy atom. The van der Waals surface area contributed by atoms with Crippen LogP contribution in [0.5, 0.6) is 0 Å². The smallest absolute Gasteiger partial charge is 0.324 e. The second-order valence-corrected chi connectivity index (χ2v) is 3.49. The lowest BCUT2D eigenvalue weighted by Crippen LogP contribution is -2.42. The first-order valence-corrected chi connectivity index (χ1v) is 4.78. The highest BCUT2D eigenvalue weighted by molar-refractivity contribution is 5.95. The van der Waals surface area contributed by atoms with E-state index >= 15 is 0 Å². The Kier molecular flexibility index (Phi) is 3.88. The molecule has 0 aliphatic carbocycles. The molecule has 1 aromatic carbocycles. The van der Waals surface area contributed by atoms with Gasteiger partial charge in [-0.15, -0.1) is 0 Å². The van der Waals surface area contributed by atoms with E-state index in [0.29, 0.717) is 5.69 Å². The van der Waals surface area contributed by atoms with Gasteiger partial charge in [-0.1, -0.05) is 18.2 Å². The predicted molar refractivity (Wildman–Crippen MR) is 60.5 cm³/mol. The summed E-state index contributed by atoms with van der Waals surface area (Å²) in [7, 11) is 3.17. The third-order valence-electron chi connectivity index (χ3n) is 1.97. The van der Waals surface area contributed by atoms with Gasteiger partial charge in [-0.3, -0.25) is 9.69 Å². The van der Waals surface area contributed by atoms with E-state index in [4.69, 9.17) is 5.11 Å². The number of rotatable bonds is 3. The van der Waals surface area contributed by atoms with Crippen molar-refractivity contribution >= 4 is 17.7 Å². The van der Waals surface area contributed by atoms with Gasteiger partial charge in [0, 0.05) is 19.8 Å². The summed E-state index contributed by atoms with van der Waals surface area (Å²) in [5.74, 6) is -1.04. The molecule has 1 aromatic rings. The number of carbonyl (C=O) groups is 2. The molecule has 0 aliphatic rings. The molecule has 0 aliphatic heterocycles. The summed E-state index contributed by atoms with van der Waals surface area (Å²) in [4.78, 5) is 25.0. The second-order valence-electron chi connectivity index (χ2n) is 3.49. The van der Waals surface area contributed by atoms with Gasteiger partial charge in [0.05, 0.1) is 0 Å². The Morgan fingerprint density at radius 2 is 1.75 bits per heavy atom. The van der Waals surface area contributed by atoms with Gasteiger partial charge in [-0.05, 0) is 12.1 Å². The standard InChI is InChI=1S/C11H14N2O3/c1-12(2)11(16)13(8-10(14)15)9-6-4-3-5-7-9/h3-7H,8H2,1-2H3,(H,14,15). The van der Waals surface area contributed by atoms with E-state index in [-0.39, 0.29) is 12.6 Å². The van der Waals surface area contributed by atoms with Gasteiger partial charge in [-0.25, -0.2) is 4.79 Å². The predicted octanol–water partition coefficient (Wildman–Crippen LogP) is 1.26. The molecule has 16 heavy (non-hydrogen) atoms. The van der Waals surface area contributed by atoms with Crippen molar-refractivity contribution in [3.8, 4) is 0 Å². The molecule has 0 aromatic heterocycles. The van der Waals surface area contributed by atoms with E-state index < -0.39 is 5.97 Å². The average molecular weight is 222 g/mol. The van der Waals surface area contributed by atoms with E-state index in [9.17, 15) is 9.59 Å². The molecule has 2 amide bonds. The van der Waals surface area contributed by atoms with Gasteiger partial charge in [0.2, 0.25) is 0 Å². The number of carbonyl (C=O) groups excluding carboxylic acids is 1. The number of para-hydroxylation sites is 1. The Balaban J connectivity index is 2.96. The molecular weight excluding hydrogens is 208 g/mol. The SMILES string of the molecule is CN(C)C(=O)N(CC(=O)O)c1ccccc1. The summed E-state index contributed by atoms with van der Waals surface area (Å²) in [6, 6.07) is 8.37. The van der Waals surface area contributed by atoms with Crippen LogP contribution in [0.1, 0.15) is 0 Å². The summed E-state index contributed by atoms with van der Waals surface area (Å²) in [6.45, 7) is -0.346. The fourth-order valence-corrected chi connectivity index (χ4v) is 1.25. The van der Waals surface area contributed by atoms with Gasteiger partial charge in [-0.2, -0.15) is 0 Å². The first-order chi connectivity index (χ1) is 7.52. The fourth-order valence-electron chi connectivity index (χ4n) is 1.25. The van der Waals surface area contributed by atoms with Crippen molar-refractivity contribution in [2.24, 2.45) is 0 Å². The number of amides is 2. The maximum atomic E-state index is 11.8. The van der Waals surface area contributed by atoms with Crippen molar-refractivity contribution in [3.05, 3.63) is 30.3 Å². The Labute approximate surface area is 93.9 Å². The van der Waals surface area contributed by atoms with E-state index in [1.807, 2.05) is 6.07 Å². The summed E-state index contributed by atoms with van der Waals surface area (Å²) in [5.41, 5.74) is 0.573. The molecule has 0 spiro atoms. The van der Waals surface area contributed by atoms with Crippen LogP contribution in [-0.4, -0.2) is 42.6 Å². The zero-order valence-corrected chi connectivity index (χ0v) is 9.25. The van der Waals surface area contributed by atoms with E-state index in [1.165, 1.54) is 9.80 Å². The van der Waals surface area contributed by atoms with E-state index in [0.717, 1.165) is 0 Å². The first-order valence-electron chi connectivity index (χ1n) is 4.78. The first kappa shape index (κ1) is 12.0. The van der Waals surface area contributed by atoms with Crippen molar-refractivity contribution in [3.63, 3.8) is 0 Å². The van der Waals surface area contributed by atoms with E-state index in [1.54, 1.807) is 38.4 Å². The lowest BCUT2D eigenvalue weighted by Gasteiger charge is -2.24.